The fourth-order valence-corrected chi connectivity index (χ4v) is 8.38. The van der Waals surface area contributed by atoms with Crippen molar-refractivity contribution in [1.29, 1.82) is 0 Å². The average Bonchev–Trinajstić information content (AvgIpc) is 3.79. The number of fused-ring (bicyclic) bond motifs is 7. The maximum absolute atomic E-state index is 6.68. The standard InChI is InChI=1S/C50H33N3O/c1-3-13-32(14-4-1)33-25-27-35(28-26-33)49-38-17-7-9-21-42(38)51-50(52-49)41-20-12-24-45-48(41)40-30-29-36(31-46(40)54-45)53-43-22-10-8-18-39(43)47-37(19-11-23-44(47)53)34-15-5-2-6-16-34/h1-31,42H,(H,51,52). The van der Waals surface area contributed by atoms with Gasteiger partial charge in [-0.15, -0.1) is 0 Å². The summed E-state index contributed by atoms with van der Waals surface area (Å²) >= 11 is 0. The molecule has 4 nitrogen and oxygen atoms in total. The number of benzene rings is 7. The zero-order valence-corrected chi connectivity index (χ0v) is 29.3. The van der Waals surface area contributed by atoms with Gasteiger partial charge in [-0.1, -0.05) is 152 Å². The van der Waals surface area contributed by atoms with Gasteiger partial charge in [0.25, 0.3) is 0 Å². The van der Waals surface area contributed by atoms with E-state index >= 15 is 0 Å². The third-order valence-corrected chi connectivity index (χ3v) is 10.9. The minimum absolute atomic E-state index is 0.00223. The molecule has 0 saturated heterocycles. The van der Waals surface area contributed by atoms with Crippen LogP contribution in [0.15, 0.2) is 203 Å². The lowest BCUT2D eigenvalue weighted by Crippen LogP contribution is -2.39. The molecule has 1 atom stereocenters. The Morgan fingerprint density at radius 2 is 1.22 bits per heavy atom. The van der Waals surface area contributed by atoms with Gasteiger partial charge in [-0.3, -0.25) is 0 Å². The van der Waals surface area contributed by atoms with Crippen molar-refractivity contribution in [3.63, 3.8) is 0 Å². The average molecular weight is 692 g/mol. The van der Waals surface area contributed by atoms with E-state index in [2.05, 4.69) is 198 Å². The molecular formula is C50H33N3O. The summed E-state index contributed by atoms with van der Waals surface area (Å²) in [7, 11) is 0. The minimum Gasteiger partial charge on any atom is -0.456 e. The highest BCUT2D eigenvalue weighted by Gasteiger charge is 2.26. The van der Waals surface area contributed by atoms with Crippen molar-refractivity contribution in [2.75, 3.05) is 0 Å². The van der Waals surface area contributed by atoms with E-state index in [9.17, 15) is 0 Å². The van der Waals surface area contributed by atoms with Crippen LogP contribution in [0.4, 0.5) is 0 Å². The van der Waals surface area contributed by atoms with Crippen LogP contribution in [0.3, 0.4) is 0 Å². The largest absolute Gasteiger partial charge is 0.456 e. The number of nitrogens with zero attached hydrogens (tertiary/aromatic N) is 2. The fourth-order valence-electron chi connectivity index (χ4n) is 8.38. The van der Waals surface area contributed by atoms with Crippen molar-refractivity contribution < 1.29 is 4.42 Å². The molecule has 4 heteroatoms. The van der Waals surface area contributed by atoms with Crippen LogP contribution in [0.25, 0.3) is 77.4 Å². The van der Waals surface area contributed by atoms with Gasteiger partial charge in [-0.2, -0.15) is 0 Å². The van der Waals surface area contributed by atoms with Gasteiger partial charge in [0, 0.05) is 50.0 Å². The summed E-state index contributed by atoms with van der Waals surface area (Å²) in [6.45, 7) is 0. The number of rotatable bonds is 5. The Balaban J connectivity index is 1.05. The molecule has 7 aromatic carbocycles. The molecular weight excluding hydrogens is 659 g/mol. The predicted octanol–water partition coefficient (Wildman–Crippen LogP) is 12.3. The Bertz CT molecular complexity index is 3050. The molecule has 9 aromatic rings. The molecule has 0 radical (unpaired) electrons. The number of allylic oxidation sites excluding steroid dienone is 2. The van der Waals surface area contributed by atoms with Crippen molar-refractivity contribution in [3.05, 3.63) is 205 Å². The first kappa shape index (κ1) is 30.5. The van der Waals surface area contributed by atoms with E-state index in [0.717, 1.165) is 66.9 Å². The lowest BCUT2D eigenvalue weighted by Gasteiger charge is -2.28. The molecule has 54 heavy (non-hydrogen) atoms. The summed E-state index contributed by atoms with van der Waals surface area (Å²) in [6.07, 6.45) is 8.57. The van der Waals surface area contributed by atoms with Crippen LogP contribution in [0.5, 0.6) is 0 Å². The lowest BCUT2D eigenvalue weighted by atomic mass is 9.93. The van der Waals surface area contributed by atoms with Gasteiger partial charge >= 0.3 is 0 Å². The van der Waals surface area contributed by atoms with Gasteiger partial charge in [0.15, 0.2) is 0 Å². The number of nitrogens with one attached hydrogen (secondary N) is 1. The molecule has 254 valence electrons. The summed E-state index contributed by atoms with van der Waals surface area (Å²) in [4.78, 5) is 5.36. The van der Waals surface area contributed by atoms with Gasteiger partial charge in [-0.05, 0) is 52.6 Å². The Labute approximate surface area is 312 Å². The topological polar surface area (TPSA) is 42.5 Å². The van der Waals surface area contributed by atoms with E-state index in [1.54, 1.807) is 0 Å². The van der Waals surface area contributed by atoms with Crippen LogP contribution in [-0.4, -0.2) is 16.4 Å². The van der Waals surface area contributed by atoms with Gasteiger partial charge < -0.3 is 14.3 Å². The van der Waals surface area contributed by atoms with Gasteiger partial charge in [0.1, 0.15) is 17.0 Å². The maximum atomic E-state index is 6.68. The summed E-state index contributed by atoms with van der Waals surface area (Å²) in [6, 6.07) is 58.1. The number of furan rings is 1. The normalized spacial score (nSPS) is 15.3. The van der Waals surface area contributed by atoms with Gasteiger partial charge in [-0.25, -0.2) is 4.99 Å². The second-order valence-corrected chi connectivity index (χ2v) is 14.0. The molecule has 1 N–H and O–H groups in total. The molecule has 0 fully saturated rings. The molecule has 11 rings (SSSR count). The van der Waals surface area contributed by atoms with Gasteiger partial charge in [0.05, 0.1) is 22.8 Å². The van der Waals surface area contributed by atoms with E-state index in [1.807, 2.05) is 0 Å². The van der Waals surface area contributed by atoms with E-state index in [0.29, 0.717) is 0 Å². The molecule has 2 aromatic heterocycles. The van der Waals surface area contributed by atoms with E-state index < -0.39 is 0 Å². The second kappa shape index (κ2) is 12.2. The zero-order chi connectivity index (χ0) is 35.6. The number of hydrogen-bond acceptors (Lipinski definition) is 3. The number of para-hydroxylation sites is 1. The van der Waals surface area contributed by atoms with Crippen LogP contribution in [0.1, 0.15) is 11.1 Å². The maximum Gasteiger partial charge on any atom is 0.137 e. The Hall–Kier alpha value is -7.17. The third-order valence-electron chi connectivity index (χ3n) is 10.9. The van der Waals surface area contributed by atoms with Crippen molar-refractivity contribution in [2.24, 2.45) is 4.99 Å². The molecule has 0 spiro atoms. The first-order chi connectivity index (χ1) is 26.8. The molecule has 0 amide bonds. The monoisotopic (exact) mass is 691 g/mol. The lowest BCUT2D eigenvalue weighted by molar-refractivity contribution is 0.668. The Morgan fingerprint density at radius 3 is 2.07 bits per heavy atom. The highest BCUT2D eigenvalue weighted by atomic mass is 16.3. The SMILES string of the molecule is C1=CC2=C(c3ccc(-c4ccccc4)cc3)N=C(c3cccc4oc5cc(-n6c7ccccc7c7c(-c8ccccc8)cccc76)ccc5c34)NC2C=C1. The Morgan fingerprint density at radius 1 is 0.519 bits per heavy atom. The summed E-state index contributed by atoms with van der Waals surface area (Å²) < 4.78 is 9.04. The first-order valence-electron chi connectivity index (χ1n) is 18.4. The molecule has 1 unspecified atom stereocenters. The quantitative estimate of drug-likeness (QED) is 0.195. The molecule has 2 aliphatic rings. The molecule has 1 aliphatic heterocycles. The van der Waals surface area contributed by atoms with Crippen molar-refractivity contribution in [2.45, 2.75) is 6.04 Å². The minimum atomic E-state index is 0.00223. The fraction of sp³-hybridized carbons (Fsp3) is 0.0200. The highest BCUT2D eigenvalue weighted by molar-refractivity contribution is 6.20. The number of aliphatic imine (C=N–C) groups is 1. The number of amidine groups is 1. The van der Waals surface area contributed by atoms with Crippen LogP contribution >= 0.6 is 0 Å². The summed E-state index contributed by atoms with van der Waals surface area (Å²) in [5.74, 6) is 0.832. The number of hydrogen-bond donors (Lipinski definition) is 1. The van der Waals surface area contributed by atoms with Crippen LogP contribution in [0, 0.1) is 0 Å². The highest BCUT2D eigenvalue weighted by Crippen LogP contribution is 2.41. The predicted molar refractivity (Wildman–Crippen MR) is 224 cm³/mol. The van der Waals surface area contributed by atoms with Crippen molar-refractivity contribution in [1.82, 2.24) is 9.88 Å². The van der Waals surface area contributed by atoms with Crippen LogP contribution in [0.2, 0.25) is 0 Å². The van der Waals surface area contributed by atoms with Crippen molar-refractivity contribution in [3.8, 4) is 27.9 Å². The number of aromatic nitrogens is 1. The van der Waals surface area contributed by atoms with Crippen LogP contribution < -0.4 is 5.32 Å². The van der Waals surface area contributed by atoms with E-state index in [4.69, 9.17) is 9.41 Å². The summed E-state index contributed by atoms with van der Waals surface area (Å²) in [5.41, 5.74) is 14.1. The molecule has 3 heterocycles. The summed E-state index contributed by atoms with van der Waals surface area (Å²) in [5, 5.41) is 8.34. The smallest absolute Gasteiger partial charge is 0.137 e. The molecule has 0 saturated carbocycles. The van der Waals surface area contributed by atoms with E-state index in [1.165, 1.54) is 33.0 Å². The zero-order valence-electron chi connectivity index (χ0n) is 29.3. The van der Waals surface area contributed by atoms with Crippen LogP contribution in [-0.2, 0) is 0 Å². The second-order valence-electron chi connectivity index (χ2n) is 14.0. The van der Waals surface area contributed by atoms with Gasteiger partial charge in [0.2, 0.25) is 0 Å². The van der Waals surface area contributed by atoms with E-state index in [-0.39, 0.29) is 6.04 Å². The third kappa shape index (κ3) is 4.81. The molecule has 1 aliphatic carbocycles. The Kier molecular flexibility index (Phi) is 6.89. The van der Waals surface area contributed by atoms with Crippen molar-refractivity contribution >= 4 is 55.3 Å². The molecule has 0 bridgehead atoms. The first-order valence-corrected chi connectivity index (χ1v) is 18.4.